The molecular weight excluding hydrogens is 228 g/mol. The fraction of sp³-hybridized carbons (Fsp3) is 0.429. The SMILES string of the molecule is O=C1CC(C(=O)NC2CC2)(c2ccccc2)CN1. The van der Waals surface area contributed by atoms with Gasteiger partial charge in [0.25, 0.3) is 0 Å². The fourth-order valence-electron chi connectivity index (χ4n) is 2.45. The first-order chi connectivity index (χ1) is 8.71. The van der Waals surface area contributed by atoms with Crippen molar-refractivity contribution in [2.75, 3.05) is 6.54 Å². The summed E-state index contributed by atoms with van der Waals surface area (Å²) >= 11 is 0. The van der Waals surface area contributed by atoms with E-state index in [1.807, 2.05) is 30.3 Å². The van der Waals surface area contributed by atoms with Crippen molar-refractivity contribution in [2.24, 2.45) is 0 Å². The zero-order valence-corrected chi connectivity index (χ0v) is 10.1. The lowest BCUT2D eigenvalue weighted by molar-refractivity contribution is -0.128. The Labute approximate surface area is 106 Å². The summed E-state index contributed by atoms with van der Waals surface area (Å²) in [6, 6.07) is 9.89. The highest BCUT2D eigenvalue weighted by Gasteiger charge is 2.47. The second-order valence-electron chi connectivity index (χ2n) is 5.15. The highest BCUT2D eigenvalue weighted by Crippen LogP contribution is 2.33. The van der Waals surface area contributed by atoms with Crippen molar-refractivity contribution in [3.8, 4) is 0 Å². The molecule has 2 N–H and O–H groups in total. The van der Waals surface area contributed by atoms with Gasteiger partial charge in [0.05, 0.1) is 0 Å². The standard InChI is InChI=1S/C14H16N2O2/c17-12-8-14(9-15-12,10-4-2-1-3-5-10)13(18)16-11-6-7-11/h1-5,11H,6-9H2,(H,15,17)(H,16,18). The molecule has 3 rings (SSSR count). The predicted octanol–water partition coefficient (Wildman–Crippen LogP) is 0.723. The summed E-state index contributed by atoms with van der Waals surface area (Å²) in [4.78, 5) is 24.0. The highest BCUT2D eigenvalue weighted by atomic mass is 16.2. The maximum absolute atomic E-state index is 12.5. The van der Waals surface area contributed by atoms with Crippen LogP contribution in [0.5, 0.6) is 0 Å². The summed E-state index contributed by atoms with van der Waals surface area (Å²) in [5.41, 5.74) is 0.197. The van der Waals surface area contributed by atoms with Crippen LogP contribution in [0, 0.1) is 0 Å². The first kappa shape index (κ1) is 11.3. The molecule has 1 aliphatic heterocycles. The van der Waals surface area contributed by atoms with Crippen LogP contribution in [-0.4, -0.2) is 24.4 Å². The van der Waals surface area contributed by atoms with Crippen molar-refractivity contribution >= 4 is 11.8 Å². The van der Waals surface area contributed by atoms with Crippen LogP contribution in [0.4, 0.5) is 0 Å². The number of carbonyl (C=O) groups excluding carboxylic acids is 2. The van der Waals surface area contributed by atoms with E-state index in [9.17, 15) is 9.59 Å². The van der Waals surface area contributed by atoms with E-state index in [4.69, 9.17) is 0 Å². The van der Waals surface area contributed by atoms with Gasteiger partial charge in [-0.15, -0.1) is 0 Å². The molecule has 2 aliphatic rings. The average molecular weight is 244 g/mol. The van der Waals surface area contributed by atoms with Gasteiger partial charge in [-0.25, -0.2) is 0 Å². The molecule has 1 saturated heterocycles. The highest BCUT2D eigenvalue weighted by molar-refractivity contribution is 5.97. The quantitative estimate of drug-likeness (QED) is 0.823. The van der Waals surface area contributed by atoms with Gasteiger partial charge in [0.2, 0.25) is 11.8 Å². The van der Waals surface area contributed by atoms with Gasteiger partial charge < -0.3 is 10.6 Å². The molecule has 1 aliphatic carbocycles. The third-order valence-corrected chi connectivity index (χ3v) is 3.72. The summed E-state index contributed by atoms with van der Waals surface area (Å²) in [5.74, 6) is -0.0700. The molecule has 94 valence electrons. The molecule has 1 aromatic carbocycles. The first-order valence-corrected chi connectivity index (χ1v) is 6.34. The van der Waals surface area contributed by atoms with Crippen LogP contribution in [-0.2, 0) is 15.0 Å². The van der Waals surface area contributed by atoms with Crippen LogP contribution in [0.1, 0.15) is 24.8 Å². The largest absolute Gasteiger partial charge is 0.355 e. The molecule has 0 aromatic heterocycles. The van der Waals surface area contributed by atoms with E-state index >= 15 is 0 Å². The van der Waals surface area contributed by atoms with Crippen molar-refractivity contribution in [2.45, 2.75) is 30.7 Å². The monoisotopic (exact) mass is 244 g/mol. The van der Waals surface area contributed by atoms with Gasteiger partial charge in [-0.1, -0.05) is 30.3 Å². The molecule has 0 radical (unpaired) electrons. The van der Waals surface area contributed by atoms with Gasteiger partial charge in [0, 0.05) is 19.0 Å². The van der Waals surface area contributed by atoms with Crippen LogP contribution < -0.4 is 10.6 Å². The van der Waals surface area contributed by atoms with Crippen LogP contribution in [0.15, 0.2) is 30.3 Å². The minimum absolute atomic E-state index is 0.0189. The molecule has 2 fully saturated rings. The zero-order valence-electron chi connectivity index (χ0n) is 10.1. The lowest BCUT2D eigenvalue weighted by atomic mass is 9.78. The lowest BCUT2D eigenvalue weighted by Gasteiger charge is -2.26. The van der Waals surface area contributed by atoms with Crippen LogP contribution >= 0.6 is 0 Å². The molecule has 1 unspecified atom stereocenters. The zero-order chi connectivity index (χ0) is 12.6. The van der Waals surface area contributed by atoms with Gasteiger partial charge in [0.15, 0.2) is 0 Å². The Balaban J connectivity index is 1.93. The van der Waals surface area contributed by atoms with Crippen molar-refractivity contribution in [3.63, 3.8) is 0 Å². The lowest BCUT2D eigenvalue weighted by Crippen LogP contribution is -2.46. The minimum atomic E-state index is -0.721. The molecule has 4 heteroatoms. The molecule has 18 heavy (non-hydrogen) atoms. The summed E-state index contributed by atoms with van der Waals surface area (Å²) in [5, 5.41) is 5.81. The maximum atomic E-state index is 12.5. The van der Waals surface area contributed by atoms with Gasteiger partial charge in [-0.3, -0.25) is 9.59 Å². The normalized spacial score (nSPS) is 26.8. The van der Waals surface area contributed by atoms with Gasteiger partial charge in [-0.2, -0.15) is 0 Å². The number of hydrogen-bond acceptors (Lipinski definition) is 2. The molecule has 1 atom stereocenters. The van der Waals surface area contributed by atoms with E-state index in [1.165, 1.54) is 0 Å². The molecule has 2 amide bonds. The number of nitrogens with one attached hydrogen (secondary N) is 2. The van der Waals surface area contributed by atoms with Crippen LogP contribution in [0.3, 0.4) is 0 Å². The van der Waals surface area contributed by atoms with Crippen molar-refractivity contribution in [1.82, 2.24) is 10.6 Å². The fourth-order valence-corrected chi connectivity index (χ4v) is 2.45. The van der Waals surface area contributed by atoms with E-state index in [0.29, 0.717) is 12.6 Å². The molecule has 0 spiro atoms. The molecule has 4 nitrogen and oxygen atoms in total. The van der Waals surface area contributed by atoms with E-state index in [0.717, 1.165) is 18.4 Å². The number of carbonyl (C=O) groups is 2. The summed E-state index contributed by atoms with van der Waals surface area (Å²) in [6.45, 7) is 0.397. The Bertz CT molecular complexity index is 482. The van der Waals surface area contributed by atoms with E-state index < -0.39 is 5.41 Å². The number of rotatable bonds is 3. The smallest absolute Gasteiger partial charge is 0.233 e. The predicted molar refractivity (Wildman–Crippen MR) is 66.9 cm³/mol. The van der Waals surface area contributed by atoms with Crippen molar-refractivity contribution < 1.29 is 9.59 Å². The first-order valence-electron chi connectivity index (χ1n) is 6.34. The molecular formula is C14H16N2O2. The Kier molecular flexibility index (Phi) is 2.58. The summed E-state index contributed by atoms with van der Waals surface area (Å²) in [7, 11) is 0. The third kappa shape index (κ3) is 1.88. The molecule has 1 saturated carbocycles. The summed E-state index contributed by atoms with van der Waals surface area (Å²) < 4.78 is 0. The minimum Gasteiger partial charge on any atom is -0.355 e. The topological polar surface area (TPSA) is 58.2 Å². The van der Waals surface area contributed by atoms with E-state index in [-0.39, 0.29) is 18.2 Å². The molecule has 1 heterocycles. The second-order valence-corrected chi connectivity index (χ2v) is 5.15. The Hall–Kier alpha value is -1.84. The van der Waals surface area contributed by atoms with Crippen LogP contribution in [0.2, 0.25) is 0 Å². The summed E-state index contributed by atoms with van der Waals surface area (Å²) in [6.07, 6.45) is 2.35. The molecule has 1 aromatic rings. The third-order valence-electron chi connectivity index (χ3n) is 3.72. The number of amides is 2. The van der Waals surface area contributed by atoms with E-state index in [2.05, 4.69) is 10.6 Å². The van der Waals surface area contributed by atoms with Crippen LogP contribution in [0.25, 0.3) is 0 Å². The van der Waals surface area contributed by atoms with Gasteiger partial charge in [0.1, 0.15) is 5.41 Å². The number of hydrogen-bond donors (Lipinski definition) is 2. The average Bonchev–Trinajstić information content (AvgIpc) is 3.11. The Morgan fingerprint density at radius 3 is 2.56 bits per heavy atom. The maximum Gasteiger partial charge on any atom is 0.233 e. The molecule has 0 bridgehead atoms. The Morgan fingerprint density at radius 1 is 1.28 bits per heavy atom. The van der Waals surface area contributed by atoms with E-state index in [1.54, 1.807) is 0 Å². The Morgan fingerprint density at radius 2 is 2.00 bits per heavy atom. The second kappa shape index (κ2) is 4.12. The number of benzene rings is 1. The van der Waals surface area contributed by atoms with Crippen molar-refractivity contribution in [1.29, 1.82) is 0 Å². The van der Waals surface area contributed by atoms with Gasteiger partial charge >= 0.3 is 0 Å². The van der Waals surface area contributed by atoms with Gasteiger partial charge in [-0.05, 0) is 18.4 Å². The van der Waals surface area contributed by atoms with Crippen molar-refractivity contribution in [3.05, 3.63) is 35.9 Å².